The summed E-state index contributed by atoms with van der Waals surface area (Å²) in [7, 11) is 0. The minimum absolute atomic E-state index is 0.194. The molecule has 1 aliphatic heterocycles. The van der Waals surface area contributed by atoms with Crippen LogP contribution in [-0.4, -0.2) is 46.4 Å². The van der Waals surface area contributed by atoms with Crippen molar-refractivity contribution in [1.29, 1.82) is 0 Å². The standard InChI is InChI=1S/C16H28N4O2/c1-11-14(12(2)19-18-11)17-10-13-6-8-20(9-7-13)15(21)22-16(3,4)5/h13,17H,6-10H2,1-5H3,(H,18,19). The largest absolute Gasteiger partial charge is 0.444 e. The van der Waals surface area contributed by atoms with E-state index >= 15 is 0 Å². The molecule has 0 saturated carbocycles. The molecule has 0 atom stereocenters. The van der Waals surface area contributed by atoms with E-state index in [0.29, 0.717) is 5.92 Å². The summed E-state index contributed by atoms with van der Waals surface area (Å²) in [5.41, 5.74) is 2.76. The van der Waals surface area contributed by atoms with Crippen molar-refractivity contribution in [3.8, 4) is 0 Å². The van der Waals surface area contributed by atoms with E-state index in [1.165, 1.54) is 0 Å². The van der Waals surface area contributed by atoms with E-state index in [1.54, 1.807) is 0 Å². The Kier molecular flexibility index (Phi) is 4.98. The molecule has 2 rings (SSSR count). The summed E-state index contributed by atoms with van der Waals surface area (Å²) >= 11 is 0. The molecule has 0 bridgehead atoms. The van der Waals surface area contributed by atoms with Gasteiger partial charge < -0.3 is 15.0 Å². The second-order valence-electron chi connectivity index (χ2n) is 7.10. The number of aromatic amines is 1. The summed E-state index contributed by atoms with van der Waals surface area (Å²) in [5.74, 6) is 0.576. The number of anilines is 1. The highest BCUT2D eigenvalue weighted by molar-refractivity contribution is 5.68. The molecular weight excluding hydrogens is 280 g/mol. The Bertz CT molecular complexity index is 491. The fraction of sp³-hybridized carbons (Fsp3) is 0.750. The Morgan fingerprint density at radius 3 is 2.50 bits per heavy atom. The normalized spacial score (nSPS) is 16.7. The predicted molar refractivity (Wildman–Crippen MR) is 87.1 cm³/mol. The zero-order valence-corrected chi connectivity index (χ0v) is 14.3. The van der Waals surface area contributed by atoms with E-state index in [-0.39, 0.29) is 6.09 Å². The molecule has 6 heteroatoms. The molecule has 1 aromatic rings. The first-order valence-corrected chi connectivity index (χ1v) is 7.99. The van der Waals surface area contributed by atoms with Crippen molar-refractivity contribution in [2.45, 2.75) is 53.1 Å². The molecule has 1 fully saturated rings. The van der Waals surface area contributed by atoms with Crippen LogP contribution in [-0.2, 0) is 4.74 Å². The summed E-state index contributed by atoms with van der Waals surface area (Å²) in [6, 6.07) is 0. The number of aromatic nitrogens is 2. The van der Waals surface area contributed by atoms with Crippen LogP contribution in [0.4, 0.5) is 10.5 Å². The third-order valence-electron chi connectivity index (χ3n) is 3.96. The molecule has 1 aromatic heterocycles. The van der Waals surface area contributed by atoms with Crippen LogP contribution in [0.3, 0.4) is 0 Å². The number of carbonyl (C=O) groups is 1. The second kappa shape index (κ2) is 6.58. The van der Waals surface area contributed by atoms with Crippen LogP contribution >= 0.6 is 0 Å². The number of hydrogen-bond acceptors (Lipinski definition) is 4. The van der Waals surface area contributed by atoms with Crippen LogP contribution < -0.4 is 5.32 Å². The molecule has 2 N–H and O–H groups in total. The van der Waals surface area contributed by atoms with Crippen LogP contribution in [0.5, 0.6) is 0 Å². The highest BCUT2D eigenvalue weighted by Crippen LogP contribution is 2.22. The Labute approximate surface area is 132 Å². The highest BCUT2D eigenvalue weighted by Gasteiger charge is 2.26. The van der Waals surface area contributed by atoms with E-state index in [2.05, 4.69) is 15.5 Å². The molecule has 2 heterocycles. The Balaban J connectivity index is 1.77. The smallest absolute Gasteiger partial charge is 0.410 e. The molecule has 124 valence electrons. The van der Waals surface area contributed by atoms with Crippen molar-refractivity contribution >= 4 is 11.8 Å². The molecule has 0 aliphatic carbocycles. The number of nitrogens with zero attached hydrogens (tertiary/aromatic N) is 2. The van der Waals surface area contributed by atoms with Crippen LogP contribution in [0.1, 0.15) is 45.0 Å². The molecule has 6 nitrogen and oxygen atoms in total. The van der Waals surface area contributed by atoms with Gasteiger partial charge >= 0.3 is 6.09 Å². The van der Waals surface area contributed by atoms with Crippen molar-refractivity contribution in [1.82, 2.24) is 15.1 Å². The third kappa shape index (κ3) is 4.39. The van der Waals surface area contributed by atoms with Crippen molar-refractivity contribution in [3.63, 3.8) is 0 Å². The number of nitrogens with one attached hydrogen (secondary N) is 2. The number of likely N-dealkylation sites (tertiary alicyclic amines) is 1. The van der Waals surface area contributed by atoms with Gasteiger partial charge in [-0.25, -0.2) is 4.79 Å². The summed E-state index contributed by atoms with van der Waals surface area (Å²) in [6.07, 6.45) is 1.81. The van der Waals surface area contributed by atoms with Crippen molar-refractivity contribution < 1.29 is 9.53 Å². The first-order valence-electron chi connectivity index (χ1n) is 7.99. The van der Waals surface area contributed by atoms with E-state index in [0.717, 1.165) is 49.6 Å². The lowest BCUT2D eigenvalue weighted by molar-refractivity contribution is 0.0188. The molecule has 1 aliphatic rings. The zero-order chi connectivity index (χ0) is 16.3. The van der Waals surface area contributed by atoms with Gasteiger partial charge in [0.25, 0.3) is 0 Å². The van der Waals surface area contributed by atoms with Crippen LogP contribution in [0.25, 0.3) is 0 Å². The molecule has 0 radical (unpaired) electrons. The number of carbonyl (C=O) groups excluding carboxylic acids is 1. The highest BCUT2D eigenvalue weighted by atomic mass is 16.6. The fourth-order valence-corrected chi connectivity index (χ4v) is 2.70. The van der Waals surface area contributed by atoms with Gasteiger partial charge in [0.1, 0.15) is 5.60 Å². The van der Waals surface area contributed by atoms with Crippen LogP contribution in [0.15, 0.2) is 0 Å². The average Bonchev–Trinajstić information content (AvgIpc) is 2.74. The Hall–Kier alpha value is -1.72. The lowest BCUT2D eigenvalue weighted by atomic mass is 9.97. The van der Waals surface area contributed by atoms with Crippen molar-refractivity contribution in [2.75, 3.05) is 25.0 Å². The average molecular weight is 308 g/mol. The van der Waals surface area contributed by atoms with Gasteiger partial charge in [-0.1, -0.05) is 0 Å². The monoisotopic (exact) mass is 308 g/mol. The Morgan fingerprint density at radius 2 is 2.00 bits per heavy atom. The zero-order valence-electron chi connectivity index (χ0n) is 14.3. The van der Waals surface area contributed by atoms with E-state index in [4.69, 9.17) is 4.74 Å². The molecule has 1 amide bonds. The van der Waals surface area contributed by atoms with Gasteiger partial charge in [-0.3, -0.25) is 5.10 Å². The van der Waals surface area contributed by atoms with Crippen molar-refractivity contribution in [2.24, 2.45) is 5.92 Å². The summed E-state index contributed by atoms with van der Waals surface area (Å²) in [6.45, 7) is 12.2. The molecular formula is C16H28N4O2. The Morgan fingerprint density at radius 1 is 1.36 bits per heavy atom. The van der Waals surface area contributed by atoms with Gasteiger partial charge in [0.05, 0.1) is 17.1 Å². The van der Waals surface area contributed by atoms with Gasteiger partial charge in [0.2, 0.25) is 0 Å². The predicted octanol–water partition coefficient (Wildman–Crippen LogP) is 3.09. The SMILES string of the molecule is Cc1n[nH]c(C)c1NCC1CCN(C(=O)OC(C)(C)C)CC1. The number of rotatable bonds is 3. The summed E-state index contributed by atoms with van der Waals surface area (Å²) < 4.78 is 5.42. The van der Waals surface area contributed by atoms with E-state index in [9.17, 15) is 4.79 Å². The molecule has 22 heavy (non-hydrogen) atoms. The number of hydrogen-bond donors (Lipinski definition) is 2. The second-order valence-corrected chi connectivity index (χ2v) is 7.10. The van der Waals surface area contributed by atoms with Gasteiger partial charge in [-0.2, -0.15) is 5.10 Å². The van der Waals surface area contributed by atoms with E-state index in [1.807, 2.05) is 39.5 Å². The van der Waals surface area contributed by atoms with E-state index < -0.39 is 5.60 Å². The minimum Gasteiger partial charge on any atom is -0.444 e. The topological polar surface area (TPSA) is 70.2 Å². The molecule has 0 spiro atoms. The number of amides is 1. The summed E-state index contributed by atoms with van der Waals surface area (Å²) in [4.78, 5) is 13.8. The first-order chi connectivity index (χ1) is 10.3. The lowest BCUT2D eigenvalue weighted by Crippen LogP contribution is -2.42. The molecule has 0 aromatic carbocycles. The number of H-pyrrole nitrogens is 1. The first kappa shape index (κ1) is 16.6. The molecule has 1 saturated heterocycles. The maximum atomic E-state index is 12.0. The van der Waals surface area contributed by atoms with Crippen molar-refractivity contribution in [3.05, 3.63) is 11.4 Å². The maximum absolute atomic E-state index is 12.0. The number of aryl methyl sites for hydroxylation is 2. The quantitative estimate of drug-likeness (QED) is 0.900. The lowest BCUT2D eigenvalue weighted by Gasteiger charge is -2.33. The number of piperidine rings is 1. The third-order valence-corrected chi connectivity index (χ3v) is 3.96. The van der Waals surface area contributed by atoms with Gasteiger partial charge in [0, 0.05) is 19.6 Å². The molecule has 0 unspecified atom stereocenters. The number of ether oxygens (including phenoxy) is 1. The summed E-state index contributed by atoms with van der Waals surface area (Å²) in [5, 5.41) is 10.7. The minimum atomic E-state index is -0.425. The van der Waals surface area contributed by atoms with Crippen LogP contribution in [0, 0.1) is 19.8 Å². The fourth-order valence-electron chi connectivity index (χ4n) is 2.70. The maximum Gasteiger partial charge on any atom is 0.410 e. The van der Waals surface area contributed by atoms with Gasteiger partial charge in [-0.05, 0) is 53.4 Å². The van der Waals surface area contributed by atoms with Crippen LogP contribution in [0.2, 0.25) is 0 Å². The van der Waals surface area contributed by atoms with Gasteiger partial charge in [0.15, 0.2) is 0 Å². The van der Waals surface area contributed by atoms with Gasteiger partial charge in [-0.15, -0.1) is 0 Å².